The third-order valence-electron chi connectivity index (χ3n) is 5.02. The summed E-state index contributed by atoms with van der Waals surface area (Å²) in [4.78, 5) is 13.2. The van der Waals surface area contributed by atoms with E-state index in [9.17, 15) is 4.79 Å². The summed E-state index contributed by atoms with van der Waals surface area (Å²) in [6.07, 6.45) is 0. The molecule has 4 aromatic carbocycles. The van der Waals surface area contributed by atoms with E-state index in [4.69, 9.17) is 4.74 Å². The van der Waals surface area contributed by atoms with Gasteiger partial charge in [-0.25, -0.2) is 4.68 Å². The van der Waals surface area contributed by atoms with Crippen molar-refractivity contribution in [1.29, 1.82) is 0 Å². The maximum absolute atomic E-state index is 13.2. The smallest absolute Gasteiger partial charge is 0.299 e. The average molecular weight is 432 g/mol. The summed E-state index contributed by atoms with van der Waals surface area (Å²) in [5.74, 6) is 1.45. The molecule has 33 heavy (non-hydrogen) atoms. The van der Waals surface area contributed by atoms with Crippen LogP contribution in [0.5, 0.6) is 11.5 Å². The fourth-order valence-corrected chi connectivity index (χ4v) is 3.40. The maximum atomic E-state index is 13.2. The molecule has 0 spiro atoms. The van der Waals surface area contributed by atoms with E-state index in [0.29, 0.717) is 17.1 Å². The molecule has 5 rings (SSSR count). The molecule has 0 bridgehead atoms. The molecule has 1 aromatic heterocycles. The minimum Gasteiger partial charge on any atom is -0.457 e. The van der Waals surface area contributed by atoms with Crippen molar-refractivity contribution in [1.82, 2.24) is 9.78 Å². The van der Waals surface area contributed by atoms with Crippen molar-refractivity contribution in [3.05, 3.63) is 126 Å². The summed E-state index contributed by atoms with van der Waals surface area (Å²) >= 11 is 0. The van der Waals surface area contributed by atoms with Crippen LogP contribution < -0.4 is 10.3 Å². The topological polar surface area (TPSA) is 71.7 Å². The summed E-state index contributed by atoms with van der Waals surface area (Å²) in [7, 11) is 0. The number of azo groups is 1. The lowest BCUT2D eigenvalue weighted by molar-refractivity contribution is 0.483. The molecular weight excluding hydrogens is 412 g/mol. The molecule has 0 radical (unpaired) electrons. The summed E-state index contributed by atoms with van der Waals surface area (Å²) in [5.41, 5.74) is 2.77. The van der Waals surface area contributed by atoms with Crippen LogP contribution >= 0.6 is 0 Å². The van der Waals surface area contributed by atoms with E-state index in [1.54, 1.807) is 12.1 Å². The highest BCUT2D eigenvalue weighted by Gasteiger charge is 2.16. The van der Waals surface area contributed by atoms with Gasteiger partial charge < -0.3 is 4.74 Å². The largest absolute Gasteiger partial charge is 0.457 e. The maximum Gasteiger partial charge on any atom is 0.299 e. The van der Waals surface area contributed by atoms with Crippen LogP contribution in [0.2, 0.25) is 0 Å². The minimum atomic E-state index is -0.271. The van der Waals surface area contributed by atoms with Crippen LogP contribution in [0.1, 0.15) is 0 Å². The van der Waals surface area contributed by atoms with Crippen LogP contribution in [0.25, 0.3) is 16.9 Å². The zero-order chi connectivity index (χ0) is 22.5. The van der Waals surface area contributed by atoms with E-state index in [1.807, 2.05) is 103 Å². The Kier molecular flexibility index (Phi) is 5.63. The monoisotopic (exact) mass is 432 g/mol. The second-order valence-corrected chi connectivity index (χ2v) is 7.29. The summed E-state index contributed by atoms with van der Waals surface area (Å²) < 4.78 is 7.29. The van der Waals surface area contributed by atoms with Crippen molar-refractivity contribution in [2.75, 3.05) is 0 Å². The van der Waals surface area contributed by atoms with E-state index in [0.717, 1.165) is 17.0 Å². The van der Waals surface area contributed by atoms with Crippen molar-refractivity contribution < 1.29 is 4.74 Å². The molecule has 0 aliphatic heterocycles. The van der Waals surface area contributed by atoms with Gasteiger partial charge in [-0.1, -0.05) is 66.7 Å². The van der Waals surface area contributed by atoms with E-state index in [2.05, 4.69) is 15.3 Å². The lowest BCUT2D eigenvalue weighted by Gasteiger charge is -2.04. The molecular formula is C27H20N4O2. The number of ether oxygens (including phenoxy) is 1. The predicted octanol–water partition coefficient (Wildman–Crippen LogP) is 7.04. The Hall–Kier alpha value is -4.71. The van der Waals surface area contributed by atoms with E-state index < -0.39 is 0 Å². The third-order valence-corrected chi connectivity index (χ3v) is 5.02. The first-order chi connectivity index (χ1) is 16.3. The first-order valence-corrected chi connectivity index (χ1v) is 10.5. The second kappa shape index (κ2) is 9.20. The Bertz CT molecular complexity index is 1420. The molecule has 0 amide bonds. The second-order valence-electron chi connectivity index (χ2n) is 7.29. The molecule has 0 saturated carbocycles. The van der Waals surface area contributed by atoms with Crippen molar-refractivity contribution in [2.45, 2.75) is 0 Å². The Labute approximate surface area is 190 Å². The minimum absolute atomic E-state index is 0.245. The molecule has 1 N–H and O–H groups in total. The fourth-order valence-electron chi connectivity index (χ4n) is 3.40. The summed E-state index contributed by atoms with van der Waals surface area (Å²) in [6.45, 7) is 0. The number of H-pyrrole nitrogens is 1. The lowest BCUT2D eigenvalue weighted by atomic mass is 10.1. The number of aromatic nitrogens is 2. The number of nitrogens with one attached hydrogen (secondary N) is 1. The molecule has 1 heterocycles. The number of hydrogen-bond donors (Lipinski definition) is 1. The molecule has 6 nitrogen and oxygen atoms in total. The van der Waals surface area contributed by atoms with Gasteiger partial charge in [0.05, 0.1) is 17.1 Å². The zero-order valence-corrected chi connectivity index (χ0v) is 17.6. The number of aromatic amines is 1. The molecule has 0 saturated heterocycles. The summed E-state index contributed by atoms with van der Waals surface area (Å²) in [5, 5.41) is 11.8. The molecule has 0 fully saturated rings. The van der Waals surface area contributed by atoms with Gasteiger partial charge in [0, 0.05) is 5.56 Å². The molecule has 0 unspecified atom stereocenters. The van der Waals surface area contributed by atoms with Crippen molar-refractivity contribution in [2.24, 2.45) is 10.2 Å². The van der Waals surface area contributed by atoms with Crippen molar-refractivity contribution in [3.8, 4) is 28.4 Å². The van der Waals surface area contributed by atoms with Crippen LogP contribution in [0.4, 0.5) is 11.4 Å². The highest BCUT2D eigenvalue weighted by atomic mass is 16.5. The molecule has 0 aliphatic rings. The zero-order valence-electron chi connectivity index (χ0n) is 17.6. The van der Waals surface area contributed by atoms with Gasteiger partial charge >= 0.3 is 0 Å². The van der Waals surface area contributed by atoms with Crippen molar-refractivity contribution in [3.63, 3.8) is 0 Å². The quantitative estimate of drug-likeness (QED) is 0.292. The number of para-hydroxylation sites is 2. The van der Waals surface area contributed by atoms with Gasteiger partial charge in [0.2, 0.25) is 0 Å². The Balaban J connectivity index is 1.47. The number of nitrogens with zero attached hydrogens (tertiary/aromatic N) is 3. The normalized spacial score (nSPS) is 11.0. The standard InChI is InChI=1S/C27H20N4O2/c32-27-26(29-28-21-16-18-24(19-17-21)33-23-14-8-3-9-15-23)25(20-10-4-1-5-11-20)30-31(27)22-12-6-2-7-13-22/h1-19,30H. The third kappa shape index (κ3) is 4.50. The van der Waals surface area contributed by atoms with Gasteiger partial charge in [-0.15, -0.1) is 5.11 Å². The predicted molar refractivity (Wildman–Crippen MR) is 129 cm³/mol. The SMILES string of the molecule is O=c1c(N=Nc2ccc(Oc3ccccc3)cc2)c(-c2ccccc2)[nH]n1-c1ccccc1. The Morgan fingerprint density at radius 2 is 1.21 bits per heavy atom. The van der Waals surface area contributed by atoms with Crippen LogP contribution in [0, 0.1) is 0 Å². The highest BCUT2D eigenvalue weighted by Crippen LogP contribution is 2.29. The number of benzene rings is 4. The fraction of sp³-hybridized carbons (Fsp3) is 0. The number of hydrogen-bond acceptors (Lipinski definition) is 4. The van der Waals surface area contributed by atoms with Crippen LogP contribution in [0.15, 0.2) is 130 Å². The van der Waals surface area contributed by atoms with Crippen LogP contribution in [-0.4, -0.2) is 9.78 Å². The van der Waals surface area contributed by atoms with Gasteiger partial charge in [0.15, 0.2) is 5.69 Å². The molecule has 160 valence electrons. The molecule has 0 atom stereocenters. The molecule has 0 aliphatic carbocycles. The van der Waals surface area contributed by atoms with E-state index in [1.165, 1.54) is 4.68 Å². The van der Waals surface area contributed by atoms with E-state index in [-0.39, 0.29) is 11.2 Å². The van der Waals surface area contributed by atoms with E-state index >= 15 is 0 Å². The van der Waals surface area contributed by atoms with Crippen molar-refractivity contribution >= 4 is 11.4 Å². The first-order valence-electron chi connectivity index (χ1n) is 10.5. The Morgan fingerprint density at radius 3 is 1.88 bits per heavy atom. The molecule has 6 heteroatoms. The highest BCUT2D eigenvalue weighted by molar-refractivity contribution is 5.71. The summed E-state index contributed by atoms with van der Waals surface area (Å²) in [6, 6.07) is 35.8. The lowest BCUT2D eigenvalue weighted by Crippen LogP contribution is -2.13. The van der Waals surface area contributed by atoms with Gasteiger partial charge in [-0.2, -0.15) is 5.11 Å². The van der Waals surface area contributed by atoms with Gasteiger partial charge in [-0.05, 0) is 48.5 Å². The van der Waals surface area contributed by atoms with Gasteiger partial charge in [0.25, 0.3) is 5.56 Å². The Morgan fingerprint density at radius 1 is 0.636 bits per heavy atom. The average Bonchev–Trinajstić information content (AvgIpc) is 3.21. The van der Waals surface area contributed by atoms with Crippen LogP contribution in [-0.2, 0) is 0 Å². The van der Waals surface area contributed by atoms with Gasteiger partial charge in [-0.3, -0.25) is 9.89 Å². The van der Waals surface area contributed by atoms with Crippen LogP contribution in [0.3, 0.4) is 0 Å². The first kappa shape index (κ1) is 20.2. The molecule has 5 aromatic rings. The number of rotatable bonds is 6. The van der Waals surface area contributed by atoms with Gasteiger partial charge in [0.1, 0.15) is 11.5 Å².